The molecule has 6 heteroatoms. The van der Waals surface area contributed by atoms with Gasteiger partial charge >= 0.3 is 0 Å². The Morgan fingerprint density at radius 2 is 1.85 bits per heavy atom. The molecule has 0 aromatic heterocycles. The second-order valence-electron chi connectivity index (χ2n) is 6.87. The van der Waals surface area contributed by atoms with E-state index in [1.165, 1.54) is 5.56 Å². The molecule has 0 unspecified atom stereocenters. The van der Waals surface area contributed by atoms with E-state index in [-0.39, 0.29) is 12.5 Å². The summed E-state index contributed by atoms with van der Waals surface area (Å²) >= 11 is 11.9. The molecular weight excluding hydrogens is 383 g/mol. The minimum absolute atomic E-state index is 0.0474. The molecule has 0 saturated carbocycles. The number of rotatable bonds is 7. The summed E-state index contributed by atoms with van der Waals surface area (Å²) in [4.78, 5) is 14.5. The van der Waals surface area contributed by atoms with E-state index < -0.39 is 0 Å². The maximum Gasteiger partial charge on any atom is 0.257 e. The van der Waals surface area contributed by atoms with Crippen molar-refractivity contribution in [1.29, 1.82) is 0 Å². The molecule has 0 bridgehead atoms. The molecular formula is C21H24Cl2N2O2. The minimum atomic E-state index is -0.132. The molecule has 144 valence electrons. The first kappa shape index (κ1) is 20.0. The van der Waals surface area contributed by atoms with Crippen molar-refractivity contribution in [3.8, 4) is 5.75 Å². The van der Waals surface area contributed by atoms with E-state index in [1.807, 2.05) is 6.07 Å². The highest BCUT2D eigenvalue weighted by molar-refractivity contribution is 6.35. The van der Waals surface area contributed by atoms with Crippen LogP contribution in [0.4, 0.5) is 0 Å². The van der Waals surface area contributed by atoms with Crippen molar-refractivity contribution < 1.29 is 9.53 Å². The number of ether oxygens (including phenoxy) is 1. The Balaban J connectivity index is 1.34. The number of hydrogen-bond acceptors (Lipinski definition) is 3. The molecule has 1 aliphatic heterocycles. The van der Waals surface area contributed by atoms with Crippen molar-refractivity contribution in [2.24, 2.45) is 5.92 Å². The van der Waals surface area contributed by atoms with Gasteiger partial charge in [0.1, 0.15) is 5.75 Å². The molecule has 0 spiro atoms. The number of piperidine rings is 1. The Morgan fingerprint density at radius 3 is 2.56 bits per heavy atom. The van der Waals surface area contributed by atoms with Crippen LogP contribution in [0.15, 0.2) is 48.5 Å². The van der Waals surface area contributed by atoms with Crippen LogP contribution in [0.1, 0.15) is 18.4 Å². The van der Waals surface area contributed by atoms with Gasteiger partial charge in [-0.15, -0.1) is 0 Å². The van der Waals surface area contributed by atoms with Gasteiger partial charge < -0.3 is 10.1 Å². The Hall–Kier alpha value is -1.75. The van der Waals surface area contributed by atoms with Crippen LogP contribution in [0.5, 0.6) is 5.75 Å². The van der Waals surface area contributed by atoms with Crippen LogP contribution in [0.2, 0.25) is 10.0 Å². The van der Waals surface area contributed by atoms with Gasteiger partial charge in [0.25, 0.3) is 5.91 Å². The van der Waals surface area contributed by atoms with Crippen LogP contribution in [0.25, 0.3) is 0 Å². The van der Waals surface area contributed by atoms with Crippen molar-refractivity contribution >= 4 is 29.1 Å². The summed E-state index contributed by atoms with van der Waals surface area (Å²) < 4.78 is 5.47. The lowest BCUT2D eigenvalue weighted by Crippen LogP contribution is -2.39. The fraction of sp³-hybridized carbons (Fsp3) is 0.381. The third-order valence-corrected chi connectivity index (χ3v) is 5.33. The average Bonchev–Trinajstić information content (AvgIpc) is 2.67. The SMILES string of the molecule is O=C(COc1ccc(Cl)cc1Cl)NCC1CCN(Cc2ccccc2)CC1. The zero-order valence-corrected chi connectivity index (χ0v) is 16.7. The highest BCUT2D eigenvalue weighted by atomic mass is 35.5. The summed E-state index contributed by atoms with van der Waals surface area (Å²) in [6, 6.07) is 15.5. The molecule has 0 aliphatic carbocycles. The monoisotopic (exact) mass is 406 g/mol. The largest absolute Gasteiger partial charge is 0.482 e. The molecule has 1 saturated heterocycles. The van der Waals surface area contributed by atoms with Gasteiger partial charge in [-0.1, -0.05) is 53.5 Å². The molecule has 0 atom stereocenters. The lowest BCUT2D eigenvalue weighted by molar-refractivity contribution is -0.123. The van der Waals surface area contributed by atoms with Crippen LogP contribution in [0.3, 0.4) is 0 Å². The number of nitrogens with zero attached hydrogens (tertiary/aromatic N) is 1. The summed E-state index contributed by atoms with van der Waals surface area (Å²) in [6.45, 7) is 3.76. The Morgan fingerprint density at radius 1 is 1.11 bits per heavy atom. The summed E-state index contributed by atoms with van der Waals surface area (Å²) in [5, 5.41) is 3.91. The molecule has 1 N–H and O–H groups in total. The zero-order chi connectivity index (χ0) is 19.1. The number of nitrogens with one attached hydrogen (secondary N) is 1. The highest BCUT2D eigenvalue weighted by Gasteiger charge is 2.19. The molecule has 2 aromatic rings. The summed E-state index contributed by atoms with van der Waals surface area (Å²) in [5.74, 6) is 0.846. The van der Waals surface area contributed by atoms with E-state index in [0.29, 0.717) is 28.3 Å². The average molecular weight is 407 g/mol. The van der Waals surface area contributed by atoms with Crippen molar-refractivity contribution in [1.82, 2.24) is 10.2 Å². The van der Waals surface area contributed by atoms with Gasteiger partial charge in [0.05, 0.1) is 5.02 Å². The third kappa shape index (κ3) is 6.42. The van der Waals surface area contributed by atoms with Crippen LogP contribution in [0, 0.1) is 5.92 Å². The second-order valence-corrected chi connectivity index (χ2v) is 7.72. The fourth-order valence-electron chi connectivity index (χ4n) is 3.24. The normalized spacial score (nSPS) is 15.5. The summed E-state index contributed by atoms with van der Waals surface area (Å²) in [7, 11) is 0. The molecule has 27 heavy (non-hydrogen) atoms. The highest BCUT2D eigenvalue weighted by Crippen LogP contribution is 2.27. The number of benzene rings is 2. The zero-order valence-electron chi connectivity index (χ0n) is 15.2. The van der Waals surface area contributed by atoms with Gasteiger partial charge in [0.2, 0.25) is 0 Å². The topological polar surface area (TPSA) is 41.6 Å². The smallest absolute Gasteiger partial charge is 0.257 e. The van der Waals surface area contributed by atoms with Gasteiger partial charge in [-0.2, -0.15) is 0 Å². The van der Waals surface area contributed by atoms with Crippen molar-refractivity contribution in [2.75, 3.05) is 26.2 Å². The molecule has 1 aliphatic rings. The van der Waals surface area contributed by atoms with Crippen LogP contribution < -0.4 is 10.1 Å². The fourth-order valence-corrected chi connectivity index (χ4v) is 3.70. The second kappa shape index (κ2) is 9.98. The van der Waals surface area contributed by atoms with Gasteiger partial charge in [0.15, 0.2) is 6.61 Å². The number of likely N-dealkylation sites (tertiary alicyclic amines) is 1. The molecule has 4 nitrogen and oxygen atoms in total. The van der Waals surface area contributed by atoms with Crippen LogP contribution in [-0.2, 0) is 11.3 Å². The molecule has 1 fully saturated rings. The Bertz CT molecular complexity index is 747. The van der Waals surface area contributed by atoms with Crippen LogP contribution in [-0.4, -0.2) is 37.0 Å². The third-order valence-electron chi connectivity index (χ3n) is 4.80. The molecule has 3 rings (SSSR count). The van der Waals surface area contributed by atoms with Gasteiger partial charge in [-0.25, -0.2) is 0 Å². The van der Waals surface area contributed by atoms with E-state index in [2.05, 4.69) is 34.5 Å². The molecule has 1 amide bonds. The first-order valence-electron chi connectivity index (χ1n) is 9.21. The number of halogens is 2. The number of carbonyl (C=O) groups excluding carboxylic acids is 1. The quantitative estimate of drug-likeness (QED) is 0.740. The first-order valence-corrected chi connectivity index (χ1v) is 9.96. The first-order chi connectivity index (χ1) is 13.1. The number of carbonyl (C=O) groups is 1. The van der Waals surface area contributed by atoms with E-state index in [0.717, 1.165) is 32.5 Å². The van der Waals surface area contributed by atoms with Gasteiger partial charge in [-0.05, 0) is 55.6 Å². The predicted octanol–water partition coefficient (Wildman–Crippen LogP) is 4.40. The van der Waals surface area contributed by atoms with Gasteiger partial charge in [0, 0.05) is 18.1 Å². The van der Waals surface area contributed by atoms with Gasteiger partial charge in [-0.3, -0.25) is 9.69 Å². The molecule has 2 aromatic carbocycles. The van der Waals surface area contributed by atoms with Crippen molar-refractivity contribution in [3.05, 3.63) is 64.1 Å². The Kier molecular flexibility index (Phi) is 7.39. The van der Waals surface area contributed by atoms with Crippen molar-refractivity contribution in [2.45, 2.75) is 19.4 Å². The van der Waals surface area contributed by atoms with E-state index in [1.54, 1.807) is 18.2 Å². The summed E-state index contributed by atoms with van der Waals surface area (Å²) in [6.07, 6.45) is 2.19. The Labute approximate surface area is 170 Å². The predicted molar refractivity (Wildman–Crippen MR) is 109 cm³/mol. The summed E-state index contributed by atoms with van der Waals surface area (Å²) in [5.41, 5.74) is 1.35. The maximum absolute atomic E-state index is 12.0. The van der Waals surface area contributed by atoms with E-state index in [9.17, 15) is 4.79 Å². The number of hydrogen-bond donors (Lipinski definition) is 1. The standard InChI is InChI=1S/C21H24Cl2N2O2/c22-18-6-7-20(19(23)12-18)27-15-21(26)24-13-16-8-10-25(11-9-16)14-17-4-2-1-3-5-17/h1-7,12,16H,8-11,13-15H2,(H,24,26). The lowest BCUT2D eigenvalue weighted by atomic mass is 9.96. The van der Waals surface area contributed by atoms with E-state index >= 15 is 0 Å². The molecule has 0 radical (unpaired) electrons. The van der Waals surface area contributed by atoms with E-state index in [4.69, 9.17) is 27.9 Å². The maximum atomic E-state index is 12.0. The van der Waals surface area contributed by atoms with Crippen LogP contribution >= 0.6 is 23.2 Å². The lowest BCUT2D eigenvalue weighted by Gasteiger charge is -2.32. The molecule has 1 heterocycles. The minimum Gasteiger partial charge on any atom is -0.482 e. The van der Waals surface area contributed by atoms with Crippen molar-refractivity contribution in [3.63, 3.8) is 0 Å². The number of amides is 1.